The van der Waals surface area contributed by atoms with Crippen molar-refractivity contribution in [3.63, 3.8) is 0 Å². The summed E-state index contributed by atoms with van der Waals surface area (Å²) in [5.41, 5.74) is -3.14. The molecule has 1 fully saturated rings. The van der Waals surface area contributed by atoms with Crippen molar-refractivity contribution in [2.45, 2.75) is 24.7 Å². The molecule has 2 atom stereocenters. The first-order valence-corrected chi connectivity index (χ1v) is 4.47. The quantitative estimate of drug-likeness (QED) is 0.531. The fourth-order valence-electron chi connectivity index (χ4n) is 2.37. The summed E-state index contributed by atoms with van der Waals surface area (Å²) >= 11 is 0. The number of aromatic nitrogens is 2. The van der Waals surface area contributed by atoms with Crippen molar-refractivity contribution in [3.05, 3.63) is 17.0 Å². The van der Waals surface area contributed by atoms with Crippen LogP contribution in [0.3, 0.4) is 0 Å². The van der Waals surface area contributed by atoms with E-state index < -0.39 is 17.5 Å². The summed E-state index contributed by atoms with van der Waals surface area (Å²) in [6, 6.07) is 0. The zero-order valence-corrected chi connectivity index (χ0v) is 7.48. The molecule has 2 aliphatic rings. The molecule has 2 N–H and O–H groups in total. The fraction of sp³-hybridized carbons (Fsp3) is 0.625. The van der Waals surface area contributed by atoms with Crippen LogP contribution in [-0.2, 0) is 18.3 Å². The van der Waals surface area contributed by atoms with Crippen molar-refractivity contribution in [2.24, 2.45) is 5.92 Å². The number of nitrogen functional groups attached to an aromatic ring is 1. The maximum atomic E-state index is 13.9. The van der Waals surface area contributed by atoms with E-state index in [2.05, 4.69) is 5.10 Å². The Kier molecular flexibility index (Phi) is 1.27. The average molecular weight is 221 g/mol. The second-order valence-electron chi connectivity index (χ2n) is 4.08. The first kappa shape index (κ1) is 8.99. The summed E-state index contributed by atoms with van der Waals surface area (Å²) in [4.78, 5) is 0.658. The molecule has 0 aliphatic heterocycles. The minimum Gasteiger partial charge on any atom is -0.323 e. The molecule has 1 aromatic heterocycles. The molecule has 0 aromatic carbocycles. The van der Waals surface area contributed by atoms with Crippen molar-refractivity contribution in [3.8, 4) is 0 Å². The highest BCUT2D eigenvalue weighted by Gasteiger charge is 2.66. The molecule has 7 heteroatoms. The highest BCUT2D eigenvalue weighted by atomic mass is 19.4. The number of rotatable bonds is 0. The SMILES string of the molecule is Nn1nc(C(F)(F)F)c2c1CC1CC21F. The highest BCUT2D eigenvalue weighted by molar-refractivity contribution is 5.45. The van der Waals surface area contributed by atoms with Gasteiger partial charge in [-0.05, 0) is 12.8 Å². The Morgan fingerprint density at radius 3 is 2.73 bits per heavy atom. The van der Waals surface area contributed by atoms with E-state index in [-0.39, 0.29) is 30.0 Å². The lowest BCUT2D eigenvalue weighted by atomic mass is 10.1. The van der Waals surface area contributed by atoms with E-state index in [0.29, 0.717) is 4.79 Å². The van der Waals surface area contributed by atoms with E-state index in [4.69, 9.17) is 5.84 Å². The number of nitrogens with two attached hydrogens (primary N) is 1. The molecule has 0 spiro atoms. The lowest BCUT2D eigenvalue weighted by Crippen LogP contribution is -2.16. The predicted molar refractivity (Wildman–Crippen MR) is 42.0 cm³/mol. The van der Waals surface area contributed by atoms with Gasteiger partial charge < -0.3 is 5.84 Å². The van der Waals surface area contributed by atoms with Crippen LogP contribution < -0.4 is 5.84 Å². The predicted octanol–water partition coefficient (Wildman–Crippen LogP) is 1.36. The van der Waals surface area contributed by atoms with Gasteiger partial charge in [-0.25, -0.2) is 4.39 Å². The van der Waals surface area contributed by atoms with Gasteiger partial charge in [0.15, 0.2) is 5.69 Å². The summed E-state index contributed by atoms with van der Waals surface area (Å²) in [7, 11) is 0. The van der Waals surface area contributed by atoms with Gasteiger partial charge in [-0.2, -0.15) is 18.0 Å². The Labute approximate surface area is 81.8 Å². The van der Waals surface area contributed by atoms with E-state index in [0.717, 1.165) is 0 Å². The van der Waals surface area contributed by atoms with E-state index in [1.54, 1.807) is 0 Å². The topological polar surface area (TPSA) is 43.8 Å². The Hall–Kier alpha value is -1.27. The molecule has 0 radical (unpaired) electrons. The van der Waals surface area contributed by atoms with Crippen molar-refractivity contribution < 1.29 is 17.6 Å². The van der Waals surface area contributed by atoms with Gasteiger partial charge in [-0.3, -0.25) is 0 Å². The van der Waals surface area contributed by atoms with Crippen LogP contribution in [0.4, 0.5) is 17.6 Å². The summed E-state index contributed by atoms with van der Waals surface area (Å²) < 4.78 is 51.4. The number of nitrogens with zero attached hydrogens (tertiary/aromatic N) is 2. The van der Waals surface area contributed by atoms with Gasteiger partial charge in [-0.15, -0.1) is 5.10 Å². The van der Waals surface area contributed by atoms with Crippen molar-refractivity contribution in [1.29, 1.82) is 0 Å². The zero-order valence-electron chi connectivity index (χ0n) is 7.48. The maximum Gasteiger partial charge on any atom is 0.435 e. The van der Waals surface area contributed by atoms with E-state index in [1.165, 1.54) is 0 Å². The molecule has 2 unspecified atom stereocenters. The Bertz CT molecular complexity index is 449. The van der Waals surface area contributed by atoms with E-state index in [9.17, 15) is 17.6 Å². The molecule has 3 rings (SSSR count). The Morgan fingerprint density at radius 1 is 1.47 bits per heavy atom. The summed E-state index contributed by atoms with van der Waals surface area (Å²) in [5, 5.41) is 3.16. The van der Waals surface area contributed by atoms with Crippen LogP contribution in [-0.4, -0.2) is 9.89 Å². The molecule has 1 saturated carbocycles. The normalized spacial score (nSPS) is 32.7. The van der Waals surface area contributed by atoms with Crippen LogP contribution in [0, 0.1) is 5.92 Å². The third-order valence-corrected chi connectivity index (χ3v) is 3.16. The molecule has 2 aliphatic carbocycles. The molecule has 3 nitrogen and oxygen atoms in total. The van der Waals surface area contributed by atoms with Gasteiger partial charge in [0.2, 0.25) is 0 Å². The third kappa shape index (κ3) is 0.929. The lowest BCUT2D eigenvalue weighted by molar-refractivity contribution is -0.142. The van der Waals surface area contributed by atoms with E-state index in [1.807, 2.05) is 0 Å². The summed E-state index contributed by atoms with van der Waals surface area (Å²) in [6.07, 6.45) is -4.22. The lowest BCUT2D eigenvalue weighted by Gasteiger charge is -2.07. The minimum absolute atomic E-state index is 0.161. The van der Waals surface area contributed by atoms with Gasteiger partial charge >= 0.3 is 6.18 Å². The second kappa shape index (κ2) is 2.12. The maximum absolute atomic E-state index is 13.9. The van der Waals surface area contributed by atoms with Crippen LogP contribution in [0.25, 0.3) is 0 Å². The molecule has 0 bridgehead atoms. The Morgan fingerprint density at radius 2 is 2.13 bits per heavy atom. The van der Waals surface area contributed by atoms with Crippen molar-refractivity contribution in [1.82, 2.24) is 9.89 Å². The molecule has 82 valence electrons. The Balaban J connectivity index is 2.23. The first-order chi connectivity index (χ1) is 6.84. The average Bonchev–Trinajstić information content (AvgIpc) is 2.49. The smallest absolute Gasteiger partial charge is 0.323 e. The number of hydrogen-bond donors (Lipinski definition) is 1. The van der Waals surface area contributed by atoms with Gasteiger partial charge in [0.05, 0.1) is 5.69 Å². The van der Waals surface area contributed by atoms with Crippen LogP contribution in [0.2, 0.25) is 0 Å². The molecular weight excluding hydrogens is 214 g/mol. The molecule has 1 aromatic rings. The largest absolute Gasteiger partial charge is 0.435 e. The van der Waals surface area contributed by atoms with E-state index >= 15 is 0 Å². The van der Waals surface area contributed by atoms with Gasteiger partial charge in [0.25, 0.3) is 0 Å². The van der Waals surface area contributed by atoms with Crippen LogP contribution >= 0.6 is 0 Å². The van der Waals surface area contributed by atoms with Gasteiger partial charge in [0.1, 0.15) is 5.67 Å². The highest BCUT2D eigenvalue weighted by Crippen LogP contribution is 2.64. The number of alkyl halides is 4. The summed E-state index contributed by atoms with van der Waals surface area (Å²) in [6.45, 7) is 0. The number of hydrogen-bond acceptors (Lipinski definition) is 2. The zero-order chi connectivity index (χ0) is 11.0. The van der Waals surface area contributed by atoms with Crippen LogP contribution in [0.5, 0.6) is 0 Å². The van der Waals surface area contributed by atoms with Gasteiger partial charge in [0, 0.05) is 11.5 Å². The second-order valence-corrected chi connectivity index (χ2v) is 4.08. The van der Waals surface area contributed by atoms with Crippen LogP contribution in [0.1, 0.15) is 23.4 Å². The monoisotopic (exact) mass is 221 g/mol. The van der Waals surface area contributed by atoms with Crippen molar-refractivity contribution in [2.75, 3.05) is 5.84 Å². The van der Waals surface area contributed by atoms with Crippen LogP contribution in [0.15, 0.2) is 0 Å². The van der Waals surface area contributed by atoms with Crippen molar-refractivity contribution >= 4 is 0 Å². The molecule has 0 amide bonds. The van der Waals surface area contributed by atoms with Gasteiger partial charge in [-0.1, -0.05) is 0 Å². The fourth-order valence-corrected chi connectivity index (χ4v) is 2.37. The first-order valence-electron chi connectivity index (χ1n) is 4.47. The molecule has 0 saturated heterocycles. The molecule has 15 heavy (non-hydrogen) atoms. The molecule has 1 heterocycles. The standard InChI is InChI=1S/C8H7F4N3/c9-7-2-3(7)1-4-5(7)6(8(10,11)12)14-15(4)13/h3H,1-2,13H2. The number of halogens is 4. The number of fused-ring (bicyclic) bond motifs is 3. The minimum atomic E-state index is -4.63. The third-order valence-electron chi connectivity index (χ3n) is 3.16. The summed E-state index contributed by atoms with van der Waals surface area (Å²) in [5.74, 6) is 4.94. The molecular formula is C8H7F4N3.